The maximum absolute atomic E-state index is 10.7. The molecule has 1 aliphatic rings. The van der Waals surface area contributed by atoms with Crippen LogP contribution in [0.2, 0.25) is 10.0 Å². The molecule has 4 aromatic rings. The molecule has 0 amide bonds. The normalized spacial score (nSPS) is 17.8. The monoisotopic (exact) mass is 508 g/mol. The summed E-state index contributed by atoms with van der Waals surface area (Å²) in [5.74, 6) is 0.160. The molecule has 0 bridgehead atoms. The number of phenols is 1. The Morgan fingerprint density at radius 2 is 1.74 bits per heavy atom. The molecule has 2 unspecified atom stereocenters. The molecular weight excluding hydrogens is 487 g/mol. The first-order valence-electron chi connectivity index (χ1n) is 10.8. The third-order valence-corrected chi connectivity index (χ3v) is 7.03. The number of para-hydroxylation sites is 2. The number of phenolic OH excluding ortho intramolecular Hbond substituents is 1. The van der Waals surface area contributed by atoms with Gasteiger partial charge in [-0.05, 0) is 80.2 Å². The van der Waals surface area contributed by atoms with Crippen molar-refractivity contribution >= 4 is 46.2 Å². The van der Waals surface area contributed by atoms with Crippen LogP contribution in [-0.4, -0.2) is 19.8 Å². The SMILES string of the molecule is Cc1cc(C2C(c3ccccn3)NC(=S)N2c2ccccc2O)c(C)n1-c1ccc(Cl)cc1Cl. The van der Waals surface area contributed by atoms with Crippen molar-refractivity contribution < 1.29 is 5.11 Å². The number of thiocarbonyl (C=S) groups is 1. The van der Waals surface area contributed by atoms with Gasteiger partial charge < -0.3 is 19.9 Å². The Bertz CT molecular complexity index is 1390. The lowest BCUT2D eigenvalue weighted by molar-refractivity contribution is 0.472. The second-order valence-corrected chi connectivity index (χ2v) is 9.47. The van der Waals surface area contributed by atoms with Gasteiger partial charge in [0, 0.05) is 22.6 Å². The summed E-state index contributed by atoms with van der Waals surface area (Å²) in [6.07, 6.45) is 1.77. The lowest BCUT2D eigenvalue weighted by atomic mass is 9.96. The van der Waals surface area contributed by atoms with Crippen molar-refractivity contribution in [1.29, 1.82) is 0 Å². The zero-order valence-corrected chi connectivity index (χ0v) is 20.9. The molecule has 1 fully saturated rings. The number of halogens is 2. The number of aryl methyl sites for hydroxylation is 1. The summed E-state index contributed by atoms with van der Waals surface area (Å²) in [5.41, 5.74) is 5.44. The van der Waals surface area contributed by atoms with E-state index in [4.69, 9.17) is 35.4 Å². The Labute approximate surface area is 213 Å². The first-order valence-corrected chi connectivity index (χ1v) is 12.0. The fourth-order valence-corrected chi connectivity index (χ4v) is 5.55. The highest BCUT2D eigenvalue weighted by atomic mass is 35.5. The molecular formula is C26H22Cl2N4OS. The van der Waals surface area contributed by atoms with Crippen LogP contribution in [0.3, 0.4) is 0 Å². The van der Waals surface area contributed by atoms with E-state index in [9.17, 15) is 5.11 Å². The van der Waals surface area contributed by atoms with Gasteiger partial charge in [0.1, 0.15) is 5.75 Å². The zero-order chi connectivity index (χ0) is 24.0. The quantitative estimate of drug-likeness (QED) is 0.301. The number of nitrogens with zero attached hydrogens (tertiary/aromatic N) is 3. The molecule has 5 rings (SSSR count). The van der Waals surface area contributed by atoms with Crippen LogP contribution < -0.4 is 10.2 Å². The first-order chi connectivity index (χ1) is 16.4. The van der Waals surface area contributed by atoms with Crippen molar-refractivity contribution in [2.75, 3.05) is 4.90 Å². The van der Waals surface area contributed by atoms with E-state index in [-0.39, 0.29) is 17.8 Å². The standard InChI is InChI=1S/C26H22Cl2N4OS/c1-15-13-18(16(2)31(15)21-11-10-17(27)14-19(21)28)25-24(20-7-5-6-12-29-20)30-26(34)32(25)22-8-3-4-9-23(22)33/h3-14,24-25,33H,1-2H3,(H,30,34). The summed E-state index contributed by atoms with van der Waals surface area (Å²) < 4.78 is 2.12. The Morgan fingerprint density at radius 1 is 0.971 bits per heavy atom. The van der Waals surface area contributed by atoms with E-state index in [1.807, 2.05) is 54.3 Å². The molecule has 34 heavy (non-hydrogen) atoms. The molecule has 2 N–H and O–H groups in total. The average molecular weight is 509 g/mol. The maximum Gasteiger partial charge on any atom is 0.174 e. The number of nitrogens with one attached hydrogen (secondary N) is 1. The smallest absolute Gasteiger partial charge is 0.174 e. The van der Waals surface area contributed by atoms with Crippen molar-refractivity contribution in [2.45, 2.75) is 25.9 Å². The first kappa shape index (κ1) is 22.7. The molecule has 8 heteroatoms. The molecule has 1 aliphatic heterocycles. The summed E-state index contributed by atoms with van der Waals surface area (Å²) in [7, 11) is 0. The van der Waals surface area contributed by atoms with Crippen LogP contribution >= 0.6 is 35.4 Å². The van der Waals surface area contributed by atoms with Gasteiger partial charge in [-0.3, -0.25) is 4.98 Å². The molecule has 0 saturated carbocycles. The average Bonchev–Trinajstić information content (AvgIpc) is 3.30. The number of hydrogen-bond acceptors (Lipinski definition) is 3. The Balaban J connectivity index is 1.71. The van der Waals surface area contributed by atoms with Gasteiger partial charge in [0.25, 0.3) is 0 Å². The molecule has 1 saturated heterocycles. The molecule has 0 radical (unpaired) electrons. The van der Waals surface area contributed by atoms with Gasteiger partial charge >= 0.3 is 0 Å². The fourth-order valence-electron chi connectivity index (χ4n) is 4.72. The van der Waals surface area contributed by atoms with Crippen LogP contribution in [0.1, 0.15) is 34.7 Å². The van der Waals surface area contributed by atoms with Gasteiger partial charge in [-0.2, -0.15) is 0 Å². The predicted octanol–water partition coefficient (Wildman–Crippen LogP) is 6.68. The molecule has 3 heterocycles. The summed E-state index contributed by atoms with van der Waals surface area (Å²) >= 11 is 18.5. The van der Waals surface area contributed by atoms with Crippen LogP contribution in [0.4, 0.5) is 5.69 Å². The van der Waals surface area contributed by atoms with E-state index in [2.05, 4.69) is 27.9 Å². The number of rotatable bonds is 4. The van der Waals surface area contributed by atoms with Gasteiger partial charge in [0.05, 0.1) is 34.2 Å². The number of benzene rings is 2. The zero-order valence-electron chi connectivity index (χ0n) is 18.5. The van der Waals surface area contributed by atoms with Gasteiger partial charge in [0.15, 0.2) is 5.11 Å². The van der Waals surface area contributed by atoms with E-state index in [0.717, 1.165) is 28.3 Å². The fraction of sp³-hybridized carbons (Fsp3) is 0.154. The van der Waals surface area contributed by atoms with E-state index in [0.29, 0.717) is 20.8 Å². The van der Waals surface area contributed by atoms with Gasteiger partial charge in [0.2, 0.25) is 0 Å². The van der Waals surface area contributed by atoms with Crippen molar-refractivity contribution in [2.24, 2.45) is 0 Å². The second kappa shape index (κ2) is 8.95. The molecule has 2 aromatic heterocycles. The highest BCUT2D eigenvalue weighted by molar-refractivity contribution is 7.80. The largest absolute Gasteiger partial charge is 0.506 e. The maximum atomic E-state index is 10.7. The van der Waals surface area contributed by atoms with Gasteiger partial charge in [-0.1, -0.05) is 41.4 Å². The Hall–Kier alpha value is -3.06. The second-order valence-electron chi connectivity index (χ2n) is 8.24. The number of aromatic nitrogens is 2. The van der Waals surface area contributed by atoms with E-state index in [1.54, 1.807) is 24.4 Å². The van der Waals surface area contributed by atoms with E-state index >= 15 is 0 Å². The number of anilines is 1. The van der Waals surface area contributed by atoms with Crippen LogP contribution in [0.5, 0.6) is 5.75 Å². The van der Waals surface area contributed by atoms with Crippen LogP contribution in [0.25, 0.3) is 5.69 Å². The summed E-state index contributed by atoms with van der Waals surface area (Å²) in [6.45, 7) is 4.11. The van der Waals surface area contributed by atoms with Crippen molar-refractivity contribution in [3.63, 3.8) is 0 Å². The summed E-state index contributed by atoms with van der Waals surface area (Å²) in [5, 5.41) is 15.8. The highest BCUT2D eigenvalue weighted by Gasteiger charge is 2.43. The summed E-state index contributed by atoms with van der Waals surface area (Å²) in [4.78, 5) is 6.58. The number of hydrogen-bond donors (Lipinski definition) is 2. The number of aromatic hydroxyl groups is 1. The molecule has 5 nitrogen and oxygen atoms in total. The van der Waals surface area contributed by atoms with Crippen molar-refractivity contribution in [3.8, 4) is 11.4 Å². The van der Waals surface area contributed by atoms with Crippen LogP contribution in [0.15, 0.2) is 72.9 Å². The van der Waals surface area contributed by atoms with Crippen LogP contribution in [-0.2, 0) is 0 Å². The van der Waals surface area contributed by atoms with E-state index < -0.39 is 0 Å². The molecule has 2 aromatic carbocycles. The minimum atomic E-state index is -0.248. The minimum Gasteiger partial charge on any atom is -0.506 e. The van der Waals surface area contributed by atoms with Gasteiger partial charge in [-0.15, -0.1) is 0 Å². The van der Waals surface area contributed by atoms with E-state index in [1.165, 1.54) is 0 Å². The predicted molar refractivity (Wildman–Crippen MR) is 141 cm³/mol. The minimum absolute atomic E-state index is 0.160. The lowest BCUT2D eigenvalue weighted by Crippen LogP contribution is -2.29. The summed E-state index contributed by atoms with van der Waals surface area (Å²) in [6, 6.07) is 20.2. The molecule has 0 spiro atoms. The lowest BCUT2D eigenvalue weighted by Gasteiger charge is -2.28. The molecule has 0 aliphatic carbocycles. The Morgan fingerprint density at radius 3 is 2.44 bits per heavy atom. The third kappa shape index (κ3) is 3.82. The number of pyridine rings is 1. The molecule has 2 atom stereocenters. The topological polar surface area (TPSA) is 53.3 Å². The van der Waals surface area contributed by atoms with Crippen molar-refractivity contribution in [1.82, 2.24) is 14.9 Å². The third-order valence-electron chi connectivity index (χ3n) is 6.18. The van der Waals surface area contributed by atoms with Gasteiger partial charge in [-0.25, -0.2) is 0 Å². The Kier molecular flexibility index (Phi) is 5.98. The molecule has 172 valence electrons. The highest BCUT2D eigenvalue weighted by Crippen LogP contribution is 2.46. The van der Waals surface area contributed by atoms with Crippen LogP contribution in [0, 0.1) is 13.8 Å². The van der Waals surface area contributed by atoms with Crippen molar-refractivity contribution in [3.05, 3.63) is 106 Å².